The van der Waals surface area contributed by atoms with E-state index in [4.69, 9.17) is 9.84 Å². The molecular weight excluding hydrogens is 308 g/mol. The quantitative estimate of drug-likeness (QED) is 0.900. The minimum atomic E-state index is -0.617. The van der Waals surface area contributed by atoms with Gasteiger partial charge in [0, 0.05) is 10.0 Å². The van der Waals surface area contributed by atoms with Crippen LogP contribution >= 0.6 is 15.9 Å². The van der Waals surface area contributed by atoms with Crippen molar-refractivity contribution in [3.63, 3.8) is 0 Å². The molecule has 0 aromatic heterocycles. The van der Waals surface area contributed by atoms with E-state index in [-0.39, 0.29) is 6.61 Å². The fourth-order valence-corrected chi connectivity index (χ4v) is 2.15. The summed E-state index contributed by atoms with van der Waals surface area (Å²) in [6.07, 6.45) is -0.617. The Bertz CT molecular complexity index is 567. The van der Waals surface area contributed by atoms with Crippen LogP contribution in [0.3, 0.4) is 0 Å². The van der Waals surface area contributed by atoms with Gasteiger partial charge in [-0.3, -0.25) is 0 Å². The van der Waals surface area contributed by atoms with Crippen molar-refractivity contribution in [3.8, 4) is 11.5 Å². The first-order chi connectivity index (χ1) is 9.10. The van der Waals surface area contributed by atoms with Gasteiger partial charge in [0.2, 0.25) is 0 Å². The van der Waals surface area contributed by atoms with Crippen LogP contribution in [-0.4, -0.2) is 10.2 Å². The predicted octanol–water partition coefficient (Wildman–Crippen LogP) is 3.79. The summed E-state index contributed by atoms with van der Waals surface area (Å²) in [5.41, 5.74) is 1.50. The largest absolute Gasteiger partial charge is 0.457 e. The zero-order chi connectivity index (χ0) is 13.8. The second-order valence-corrected chi connectivity index (χ2v) is 5.18. The van der Waals surface area contributed by atoms with Crippen molar-refractivity contribution in [2.24, 2.45) is 0 Å². The van der Waals surface area contributed by atoms with E-state index in [1.165, 1.54) is 0 Å². The molecular formula is C15H15BrO3. The minimum absolute atomic E-state index is 0.0270. The van der Waals surface area contributed by atoms with Gasteiger partial charge in [-0.25, -0.2) is 0 Å². The number of ether oxygens (including phenoxy) is 1. The summed E-state index contributed by atoms with van der Waals surface area (Å²) >= 11 is 3.37. The molecule has 0 fully saturated rings. The normalized spacial score (nSPS) is 12.2. The predicted molar refractivity (Wildman–Crippen MR) is 77.2 cm³/mol. The number of benzene rings is 2. The summed E-state index contributed by atoms with van der Waals surface area (Å²) in [5, 5.41) is 18.9. The lowest BCUT2D eigenvalue weighted by molar-refractivity contribution is 0.195. The van der Waals surface area contributed by atoms with Crippen LogP contribution in [0.1, 0.15) is 24.2 Å². The highest BCUT2D eigenvalue weighted by atomic mass is 79.9. The molecule has 3 nitrogen and oxygen atoms in total. The molecule has 2 aromatic carbocycles. The number of aliphatic hydroxyl groups excluding tert-OH is 2. The Morgan fingerprint density at radius 3 is 2.68 bits per heavy atom. The summed E-state index contributed by atoms with van der Waals surface area (Å²) in [5.74, 6) is 1.24. The van der Waals surface area contributed by atoms with Crippen molar-refractivity contribution in [2.75, 3.05) is 0 Å². The molecule has 0 bridgehead atoms. The number of halogens is 1. The van der Waals surface area contributed by atoms with Gasteiger partial charge in [0.25, 0.3) is 0 Å². The third-order valence-electron chi connectivity index (χ3n) is 2.73. The maximum atomic E-state index is 9.77. The highest BCUT2D eigenvalue weighted by Crippen LogP contribution is 2.32. The molecule has 0 aliphatic heterocycles. The van der Waals surface area contributed by atoms with E-state index in [0.717, 1.165) is 10.0 Å². The monoisotopic (exact) mass is 322 g/mol. The molecule has 0 saturated heterocycles. The van der Waals surface area contributed by atoms with Crippen molar-refractivity contribution in [3.05, 3.63) is 58.1 Å². The molecule has 0 radical (unpaired) electrons. The molecule has 0 saturated carbocycles. The van der Waals surface area contributed by atoms with E-state index < -0.39 is 6.10 Å². The topological polar surface area (TPSA) is 49.7 Å². The number of aliphatic hydroxyl groups is 2. The van der Waals surface area contributed by atoms with Crippen molar-refractivity contribution < 1.29 is 14.9 Å². The summed E-state index contributed by atoms with van der Waals surface area (Å²) in [7, 11) is 0. The van der Waals surface area contributed by atoms with Gasteiger partial charge in [0.05, 0.1) is 12.7 Å². The lowest BCUT2D eigenvalue weighted by atomic mass is 10.1. The van der Waals surface area contributed by atoms with Gasteiger partial charge in [-0.1, -0.05) is 28.1 Å². The molecule has 2 rings (SSSR count). The minimum Gasteiger partial charge on any atom is -0.457 e. The Kier molecular flexibility index (Phi) is 4.58. The van der Waals surface area contributed by atoms with Gasteiger partial charge in [-0.2, -0.15) is 0 Å². The number of rotatable bonds is 4. The zero-order valence-corrected chi connectivity index (χ0v) is 12.1. The molecule has 0 heterocycles. The van der Waals surface area contributed by atoms with Crippen LogP contribution in [-0.2, 0) is 6.61 Å². The molecule has 0 amide bonds. The second-order valence-electron chi connectivity index (χ2n) is 4.27. The third kappa shape index (κ3) is 3.56. The van der Waals surface area contributed by atoms with Gasteiger partial charge in [0.1, 0.15) is 11.5 Å². The first-order valence-electron chi connectivity index (χ1n) is 5.95. The van der Waals surface area contributed by atoms with Crippen LogP contribution < -0.4 is 4.74 Å². The molecule has 1 atom stereocenters. The van der Waals surface area contributed by atoms with E-state index in [1.807, 2.05) is 30.3 Å². The molecule has 19 heavy (non-hydrogen) atoms. The van der Waals surface area contributed by atoms with Crippen molar-refractivity contribution in [1.29, 1.82) is 0 Å². The lowest BCUT2D eigenvalue weighted by Crippen LogP contribution is -1.96. The van der Waals surface area contributed by atoms with Crippen LogP contribution in [0.4, 0.5) is 0 Å². The first kappa shape index (κ1) is 14.1. The molecule has 4 heteroatoms. The van der Waals surface area contributed by atoms with Crippen LogP contribution in [0.25, 0.3) is 0 Å². The molecule has 2 N–H and O–H groups in total. The van der Waals surface area contributed by atoms with Gasteiger partial charge >= 0.3 is 0 Å². The van der Waals surface area contributed by atoms with E-state index in [0.29, 0.717) is 17.1 Å². The summed E-state index contributed by atoms with van der Waals surface area (Å²) in [6, 6.07) is 12.7. The van der Waals surface area contributed by atoms with E-state index in [1.54, 1.807) is 19.1 Å². The Morgan fingerprint density at radius 2 is 2.00 bits per heavy atom. The van der Waals surface area contributed by atoms with Crippen LogP contribution in [0.2, 0.25) is 0 Å². The Labute approximate surface area is 120 Å². The lowest BCUT2D eigenvalue weighted by Gasteiger charge is -2.14. The Balaban J connectivity index is 2.32. The highest BCUT2D eigenvalue weighted by Gasteiger charge is 2.11. The standard InChI is InChI=1S/C15H15BrO3/c1-10(18)14-8-12(16)5-6-15(14)19-13-4-2-3-11(7-13)9-17/h2-8,10,17-18H,9H2,1H3. The van der Waals surface area contributed by atoms with Crippen LogP contribution in [0, 0.1) is 0 Å². The second kappa shape index (κ2) is 6.19. The Hall–Kier alpha value is -1.36. The SMILES string of the molecule is CC(O)c1cc(Br)ccc1Oc1cccc(CO)c1. The van der Waals surface area contributed by atoms with Crippen molar-refractivity contribution in [1.82, 2.24) is 0 Å². The van der Waals surface area contributed by atoms with Crippen LogP contribution in [0.5, 0.6) is 11.5 Å². The summed E-state index contributed by atoms with van der Waals surface area (Å²) in [4.78, 5) is 0. The van der Waals surface area contributed by atoms with E-state index >= 15 is 0 Å². The fraction of sp³-hybridized carbons (Fsp3) is 0.200. The fourth-order valence-electron chi connectivity index (χ4n) is 1.77. The van der Waals surface area contributed by atoms with Crippen molar-refractivity contribution in [2.45, 2.75) is 19.6 Å². The molecule has 100 valence electrons. The van der Waals surface area contributed by atoms with Crippen molar-refractivity contribution >= 4 is 15.9 Å². The maximum Gasteiger partial charge on any atom is 0.133 e. The third-order valence-corrected chi connectivity index (χ3v) is 3.22. The Morgan fingerprint density at radius 1 is 1.21 bits per heavy atom. The first-order valence-corrected chi connectivity index (χ1v) is 6.74. The molecule has 1 unspecified atom stereocenters. The van der Waals surface area contributed by atoms with Gasteiger partial charge in [-0.05, 0) is 42.8 Å². The van der Waals surface area contributed by atoms with Crippen LogP contribution in [0.15, 0.2) is 46.9 Å². The van der Waals surface area contributed by atoms with Gasteiger partial charge < -0.3 is 14.9 Å². The molecule has 2 aromatic rings. The molecule has 0 aliphatic carbocycles. The van der Waals surface area contributed by atoms with Gasteiger partial charge in [-0.15, -0.1) is 0 Å². The molecule has 0 aliphatic rings. The number of hydrogen-bond acceptors (Lipinski definition) is 3. The number of hydrogen-bond donors (Lipinski definition) is 2. The van der Waals surface area contributed by atoms with Gasteiger partial charge in [0.15, 0.2) is 0 Å². The van der Waals surface area contributed by atoms with E-state index in [2.05, 4.69) is 15.9 Å². The average molecular weight is 323 g/mol. The summed E-state index contributed by atoms with van der Waals surface area (Å²) in [6.45, 7) is 1.67. The maximum absolute atomic E-state index is 9.77. The summed E-state index contributed by atoms with van der Waals surface area (Å²) < 4.78 is 6.67. The highest BCUT2D eigenvalue weighted by molar-refractivity contribution is 9.10. The smallest absolute Gasteiger partial charge is 0.133 e. The average Bonchev–Trinajstić information content (AvgIpc) is 2.41. The van der Waals surface area contributed by atoms with E-state index in [9.17, 15) is 5.11 Å². The zero-order valence-electron chi connectivity index (χ0n) is 10.5. The molecule has 0 spiro atoms.